The van der Waals surface area contributed by atoms with Gasteiger partial charge in [0.15, 0.2) is 11.1 Å². The van der Waals surface area contributed by atoms with Gasteiger partial charge in [-0.2, -0.15) is 50.0 Å². The van der Waals surface area contributed by atoms with Gasteiger partial charge >= 0.3 is 0 Å². The van der Waals surface area contributed by atoms with Crippen LogP contribution in [0.3, 0.4) is 0 Å². The third-order valence-electron chi connectivity index (χ3n) is 15.3. The van der Waals surface area contributed by atoms with Crippen molar-refractivity contribution in [1.29, 1.82) is 0 Å². The Balaban J connectivity index is 1.12. The summed E-state index contributed by atoms with van der Waals surface area (Å²) in [6, 6.07) is -4.31. The van der Waals surface area contributed by atoms with Crippen molar-refractivity contribution in [2.24, 2.45) is 38.0 Å². The van der Waals surface area contributed by atoms with E-state index in [1.165, 1.54) is 6.92 Å². The van der Waals surface area contributed by atoms with Crippen LogP contribution in [0.4, 0.5) is 0 Å². The maximum absolute atomic E-state index is 12.7. The van der Waals surface area contributed by atoms with E-state index in [0.29, 0.717) is 83.0 Å². The summed E-state index contributed by atoms with van der Waals surface area (Å²) in [7, 11) is -14.0. The largest absolute Gasteiger partial charge is 0.351 e. The SMILES string of the molecule is [C-]#[N+]CCNCCCC1NC(NC2CCC(N=NC3CC4CC(S(=O)(=O)O)CC(S(=O)(=O)O)C4CC3SOOO)C(NC(C)=O)C2)NC(NC2CC(N)C(S(=O)(=O)O)CC2N=NC2CCC(SOOCCS(=O)OOO)CC2)N1. The summed E-state index contributed by atoms with van der Waals surface area (Å²) in [5.74, 6) is -1.77. The van der Waals surface area contributed by atoms with Gasteiger partial charge in [-0.25, -0.2) is 26.2 Å². The van der Waals surface area contributed by atoms with Gasteiger partial charge in [0.1, 0.15) is 17.8 Å². The van der Waals surface area contributed by atoms with Crippen LogP contribution >= 0.6 is 24.1 Å². The van der Waals surface area contributed by atoms with Gasteiger partial charge in [-0.3, -0.25) is 45.0 Å². The number of nitrogens with one attached hydrogen (secondary N) is 7. The molecule has 0 spiro atoms. The number of hydrogen-bond acceptors (Lipinski definition) is 29. The molecule has 5 aliphatic carbocycles. The van der Waals surface area contributed by atoms with E-state index < -0.39 is 130 Å². The molecule has 6 aliphatic rings. The van der Waals surface area contributed by atoms with Crippen LogP contribution in [0.1, 0.15) is 103 Å². The van der Waals surface area contributed by atoms with E-state index in [2.05, 4.69) is 66.7 Å². The number of amides is 1. The average molecular weight is 1250 g/mol. The second kappa shape index (κ2) is 31.9. The van der Waals surface area contributed by atoms with Gasteiger partial charge in [0.05, 0.1) is 71.0 Å². The zero-order valence-corrected chi connectivity index (χ0v) is 48.1. The highest BCUT2D eigenvalue weighted by Crippen LogP contribution is 2.48. The number of carbonyl (C=O) groups is 1. The molecular formula is C41H75N13O19S6. The van der Waals surface area contributed by atoms with E-state index in [1.54, 1.807) is 0 Å². The van der Waals surface area contributed by atoms with Gasteiger partial charge in [-0.05, 0) is 115 Å². The van der Waals surface area contributed by atoms with Gasteiger partial charge < -0.3 is 21.2 Å². The van der Waals surface area contributed by atoms with E-state index in [0.717, 1.165) is 18.5 Å². The van der Waals surface area contributed by atoms with Gasteiger partial charge in [-0.1, -0.05) is 10.1 Å². The van der Waals surface area contributed by atoms with Crippen molar-refractivity contribution in [2.45, 2.75) is 197 Å². The molecule has 6 fully saturated rings. The molecule has 0 bridgehead atoms. The number of fused-ring (bicyclic) bond motifs is 1. The summed E-state index contributed by atoms with van der Waals surface area (Å²) in [5.41, 5.74) is 6.45. The summed E-state index contributed by atoms with van der Waals surface area (Å²) in [6.45, 7) is 9.93. The minimum atomic E-state index is -4.75. The summed E-state index contributed by atoms with van der Waals surface area (Å²) < 4.78 is 130. The van der Waals surface area contributed by atoms with E-state index >= 15 is 0 Å². The molecule has 5 saturated carbocycles. The highest BCUT2D eigenvalue weighted by atomic mass is 32.2. The zero-order chi connectivity index (χ0) is 57.3. The molecule has 454 valence electrons. The van der Waals surface area contributed by atoms with Crippen LogP contribution in [-0.2, 0) is 74.2 Å². The predicted molar refractivity (Wildman–Crippen MR) is 284 cm³/mol. The quantitative estimate of drug-likeness (QED) is 0.00933. The molecule has 17 unspecified atom stereocenters. The van der Waals surface area contributed by atoms with Gasteiger partial charge in [0, 0.05) is 54.4 Å². The maximum Gasteiger partial charge on any atom is 0.269 e. The van der Waals surface area contributed by atoms with Crippen LogP contribution in [0.15, 0.2) is 20.5 Å². The fraction of sp³-hybridized carbons (Fsp3) is 0.951. The van der Waals surface area contributed by atoms with Gasteiger partial charge in [0.25, 0.3) is 30.4 Å². The molecule has 32 nitrogen and oxygen atoms in total. The Morgan fingerprint density at radius 1 is 0.759 bits per heavy atom. The topological polar surface area (TPSA) is 457 Å². The first-order valence-electron chi connectivity index (χ1n) is 26.1. The first-order valence-corrected chi connectivity index (χ1v) is 33.4. The Morgan fingerprint density at radius 2 is 1.47 bits per heavy atom. The van der Waals surface area contributed by atoms with Crippen molar-refractivity contribution in [3.8, 4) is 0 Å². The van der Waals surface area contributed by atoms with Crippen molar-refractivity contribution in [3.63, 3.8) is 0 Å². The summed E-state index contributed by atoms with van der Waals surface area (Å²) in [4.78, 5) is 21.1. The van der Waals surface area contributed by atoms with Crippen LogP contribution < -0.4 is 43.0 Å². The highest BCUT2D eigenvalue weighted by Gasteiger charge is 2.52. The number of nitrogens with two attached hydrogens (primary N) is 1. The zero-order valence-electron chi connectivity index (χ0n) is 43.2. The first-order chi connectivity index (χ1) is 37.5. The van der Waals surface area contributed by atoms with Crippen LogP contribution in [0.5, 0.6) is 0 Å². The van der Waals surface area contributed by atoms with Crippen LogP contribution in [-0.4, -0.2) is 185 Å². The average Bonchev–Trinajstić information content (AvgIpc) is 3.56. The van der Waals surface area contributed by atoms with Crippen molar-refractivity contribution in [2.75, 3.05) is 32.0 Å². The lowest BCUT2D eigenvalue weighted by Crippen LogP contribution is -2.77. The molecule has 0 aromatic carbocycles. The second-order valence-electron chi connectivity index (χ2n) is 20.7. The van der Waals surface area contributed by atoms with E-state index in [9.17, 15) is 47.9 Å². The molecule has 38 heteroatoms. The van der Waals surface area contributed by atoms with E-state index in [-0.39, 0.29) is 73.9 Å². The Hall–Kier alpha value is -1.86. The van der Waals surface area contributed by atoms with Crippen LogP contribution in [0, 0.1) is 18.4 Å². The highest BCUT2D eigenvalue weighted by molar-refractivity contribution is 7.95. The number of hydrogen-bond donors (Lipinski definition) is 13. The molecule has 6 rings (SSSR count). The predicted octanol–water partition coefficient (Wildman–Crippen LogP) is 0.707. The minimum Gasteiger partial charge on any atom is -0.351 e. The van der Waals surface area contributed by atoms with Gasteiger partial charge in [0.2, 0.25) is 12.5 Å². The molecule has 0 aromatic heterocycles. The smallest absolute Gasteiger partial charge is 0.269 e. The Morgan fingerprint density at radius 3 is 2.14 bits per heavy atom. The van der Waals surface area contributed by atoms with E-state index in [1.807, 2.05) is 0 Å². The van der Waals surface area contributed by atoms with Crippen LogP contribution in [0.2, 0.25) is 0 Å². The molecule has 0 radical (unpaired) electrons. The number of carbonyl (C=O) groups excluding carboxylic acids is 1. The number of nitrogens with zero attached hydrogens (tertiary/aromatic N) is 5. The standard InChI is InChI=1S/C41H75N13O19S6/c1-23(55)45-32-18-26(7-10-31(32)52-54-35-17-24-16-28(77(59,60)61)19-37(78(62,63)64)29(24)20-36(35)75-72-69-56)46-40-48-39(4-3-11-44-13-12-43-2)49-41(50-40)47-33-21-30(42)38(79(65,66)67)22-34(33)53-51-25-5-8-27(9-6-25)74-71-68-14-15-76(58)73-70-57/h24-41,44,46-50,56-57H,3-22,42H2,1H3,(H,45,55)(H,59,60,61)(H,62,63,64)(H,65,66,67). The van der Waals surface area contributed by atoms with E-state index in [4.69, 9.17) is 46.6 Å². The molecule has 79 heavy (non-hydrogen) atoms. The van der Waals surface area contributed by atoms with Crippen molar-refractivity contribution in [1.82, 2.24) is 37.2 Å². The number of azo groups is 2. The molecule has 1 aliphatic heterocycles. The molecule has 17 atom stereocenters. The maximum atomic E-state index is 12.7. The third-order valence-corrected chi connectivity index (χ3v) is 21.7. The first kappa shape index (κ1) is 66.3. The molecule has 1 amide bonds. The lowest BCUT2D eigenvalue weighted by molar-refractivity contribution is -0.435. The monoisotopic (exact) mass is 1250 g/mol. The molecular weight excluding hydrogens is 1170 g/mol. The molecule has 1 heterocycles. The molecule has 0 aromatic rings. The summed E-state index contributed by atoms with van der Waals surface area (Å²) >= 11 is -0.121. The van der Waals surface area contributed by atoms with Crippen LogP contribution in [0.25, 0.3) is 4.85 Å². The van der Waals surface area contributed by atoms with Crippen molar-refractivity contribution < 1.29 is 86.4 Å². The summed E-state index contributed by atoms with van der Waals surface area (Å²) in [6.07, 6.45) is 3.63. The van der Waals surface area contributed by atoms with Gasteiger partial charge in [-0.15, -0.1) is 8.67 Å². The fourth-order valence-corrected chi connectivity index (χ4v) is 16.6. The lowest BCUT2D eigenvalue weighted by Gasteiger charge is -2.46. The summed E-state index contributed by atoms with van der Waals surface area (Å²) in [5, 5.41) is 62.5. The number of rotatable bonds is 29. The Kier molecular flexibility index (Phi) is 26.7. The van der Waals surface area contributed by atoms with Crippen molar-refractivity contribution in [3.05, 3.63) is 11.4 Å². The minimum absolute atomic E-state index is 0.0535. The molecule has 1 saturated heterocycles. The third kappa shape index (κ3) is 21.3. The Labute approximate surface area is 470 Å². The molecule has 14 N–H and O–H groups in total. The second-order valence-corrected chi connectivity index (χ2v) is 28.8. The fourth-order valence-electron chi connectivity index (χ4n) is 11.5. The van der Waals surface area contributed by atoms with Crippen molar-refractivity contribution >= 4 is 71.4 Å². The lowest BCUT2D eigenvalue weighted by atomic mass is 9.69. The Bertz CT molecular complexity index is 2400. The normalized spacial score (nSPS) is 36.4.